The summed E-state index contributed by atoms with van der Waals surface area (Å²) in [5.41, 5.74) is 1.30. The fourth-order valence-corrected chi connectivity index (χ4v) is 13.1. The first kappa shape index (κ1) is 46.7. The van der Waals surface area contributed by atoms with Crippen LogP contribution in [0.4, 0.5) is 16.2 Å². The lowest BCUT2D eigenvalue weighted by Gasteiger charge is -2.43. The van der Waals surface area contributed by atoms with Crippen LogP contribution in [0.25, 0.3) is 11.5 Å². The molecular formula is C46H69N7O5Si2. The maximum Gasteiger partial charge on any atom is 0.407 e. The van der Waals surface area contributed by atoms with Gasteiger partial charge in [0.05, 0.1) is 17.6 Å². The highest BCUT2D eigenvalue weighted by Gasteiger charge is 2.50. The van der Waals surface area contributed by atoms with E-state index in [1.165, 1.54) is 10.4 Å². The summed E-state index contributed by atoms with van der Waals surface area (Å²) in [6.07, 6.45) is 7.36. The minimum Gasteiger partial charge on any atom is -0.444 e. The lowest BCUT2D eigenvalue weighted by Crippen LogP contribution is -2.66. The Hall–Kier alpha value is -4.38. The van der Waals surface area contributed by atoms with Crippen LogP contribution >= 0.6 is 0 Å². The van der Waals surface area contributed by atoms with Crippen LogP contribution in [0.3, 0.4) is 0 Å². The van der Waals surface area contributed by atoms with Crippen LogP contribution in [0.15, 0.2) is 79.3 Å². The molecule has 1 unspecified atom stereocenters. The largest absolute Gasteiger partial charge is 0.444 e. The minimum atomic E-state index is -2.68. The van der Waals surface area contributed by atoms with Crippen LogP contribution < -0.4 is 26.3 Å². The number of rotatable bonds is 18. The van der Waals surface area contributed by atoms with Gasteiger partial charge in [-0.3, -0.25) is 9.78 Å². The molecule has 2 heterocycles. The van der Waals surface area contributed by atoms with Crippen LogP contribution in [0, 0.1) is 5.92 Å². The van der Waals surface area contributed by atoms with Gasteiger partial charge >= 0.3 is 6.09 Å². The third-order valence-corrected chi connectivity index (χ3v) is 17.5. The van der Waals surface area contributed by atoms with Gasteiger partial charge in [-0.1, -0.05) is 108 Å². The van der Waals surface area contributed by atoms with Gasteiger partial charge in [0, 0.05) is 39.8 Å². The number of aromatic nitrogens is 4. The number of pyridine rings is 1. The number of anilines is 2. The summed E-state index contributed by atoms with van der Waals surface area (Å²) in [7, 11) is -3.89. The maximum absolute atomic E-state index is 13.8. The molecule has 5 rings (SSSR count). The van der Waals surface area contributed by atoms with Crippen molar-refractivity contribution in [3.63, 3.8) is 0 Å². The number of amides is 2. The predicted octanol–water partition coefficient (Wildman–Crippen LogP) is 8.83. The lowest BCUT2D eigenvalue weighted by molar-refractivity contribution is -0.117. The summed E-state index contributed by atoms with van der Waals surface area (Å²) in [6.45, 7) is 23.0. The molecule has 2 amide bonds. The van der Waals surface area contributed by atoms with E-state index in [0.717, 1.165) is 37.4 Å². The highest BCUT2D eigenvalue weighted by atomic mass is 28.4. The molecule has 0 aliphatic heterocycles. The van der Waals surface area contributed by atoms with E-state index in [0.29, 0.717) is 50.0 Å². The molecule has 4 aromatic rings. The number of nitrogens with zero attached hydrogens (tertiary/aromatic N) is 4. The second-order valence-corrected chi connectivity index (χ2v) is 29.5. The second-order valence-electron chi connectivity index (χ2n) is 19.6. The van der Waals surface area contributed by atoms with Crippen molar-refractivity contribution in [1.82, 2.24) is 25.1 Å². The van der Waals surface area contributed by atoms with Gasteiger partial charge in [-0.25, -0.2) is 14.5 Å². The Balaban J connectivity index is 1.28. The topological polar surface area (TPSA) is 142 Å². The van der Waals surface area contributed by atoms with Gasteiger partial charge in [-0.15, -0.1) is 5.10 Å². The van der Waals surface area contributed by atoms with Crippen LogP contribution in [-0.4, -0.2) is 79.0 Å². The number of carbonyl (C=O) groups excluding carboxylic acids is 2. The van der Waals surface area contributed by atoms with Gasteiger partial charge < -0.3 is 29.9 Å². The third kappa shape index (κ3) is 13.6. The molecule has 1 aliphatic rings. The first-order valence-electron chi connectivity index (χ1n) is 21.6. The number of nitrogens with one attached hydrogen (secondary N) is 3. The lowest BCUT2D eigenvalue weighted by atomic mass is 9.91. The van der Waals surface area contributed by atoms with E-state index in [1.54, 1.807) is 17.2 Å². The fourth-order valence-electron chi connectivity index (χ4n) is 7.75. The molecular weight excluding hydrogens is 787 g/mol. The predicted molar refractivity (Wildman–Crippen MR) is 247 cm³/mol. The van der Waals surface area contributed by atoms with Crippen molar-refractivity contribution in [2.45, 2.75) is 142 Å². The molecule has 0 saturated heterocycles. The highest BCUT2D eigenvalue weighted by Crippen LogP contribution is 2.37. The van der Waals surface area contributed by atoms with E-state index in [-0.39, 0.29) is 28.9 Å². The summed E-state index contributed by atoms with van der Waals surface area (Å²) in [5, 5.41) is 16.9. The van der Waals surface area contributed by atoms with Crippen molar-refractivity contribution >= 4 is 50.1 Å². The van der Waals surface area contributed by atoms with E-state index >= 15 is 0 Å². The molecule has 14 heteroatoms. The fraction of sp³-hybridized carbons (Fsp3) is 0.543. The summed E-state index contributed by atoms with van der Waals surface area (Å²) >= 11 is 0. The molecule has 3 N–H and O–H groups in total. The molecule has 2 aromatic heterocycles. The minimum absolute atomic E-state index is 0.0347. The average Bonchev–Trinajstić information content (AvgIpc) is 3.64. The Morgan fingerprint density at radius 3 is 2.15 bits per heavy atom. The van der Waals surface area contributed by atoms with Crippen LogP contribution in [0.5, 0.6) is 0 Å². The Kier molecular flexibility index (Phi) is 15.9. The van der Waals surface area contributed by atoms with Crippen molar-refractivity contribution in [2.75, 3.05) is 23.8 Å². The van der Waals surface area contributed by atoms with Crippen molar-refractivity contribution in [3.8, 4) is 11.5 Å². The molecule has 60 heavy (non-hydrogen) atoms. The van der Waals surface area contributed by atoms with Gasteiger partial charge in [0.2, 0.25) is 5.91 Å². The monoisotopic (exact) mass is 855 g/mol. The van der Waals surface area contributed by atoms with E-state index in [9.17, 15) is 9.59 Å². The SMILES string of the molecule is CC(CCO[Si](c1ccccc1)(c1ccccc1)C(C)(C)C)CC(=O)Nc1cnc(-c2ncn(COCC[Si](C)(C)C)n2)cc1N[C@@H]1CCC[C@H](NC(=O)OC(C)(C)C)C1. The van der Waals surface area contributed by atoms with Gasteiger partial charge in [0.25, 0.3) is 8.32 Å². The Morgan fingerprint density at radius 2 is 1.53 bits per heavy atom. The Bertz CT molecular complexity index is 1940. The maximum atomic E-state index is 13.8. The van der Waals surface area contributed by atoms with E-state index in [2.05, 4.69) is 122 Å². The molecule has 0 radical (unpaired) electrons. The molecule has 2 aromatic carbocycles. The van der Waals surface area contributed by atoms with Gasteiger partial charge in [0.15, 0.2) is 5.82 Å². The summed E-state index contributed by atoms with van der Waals surface area (Å²) in [5.74, 6) is 0.426. The molecule has 1 saturated carbocycles. The number of carbonyl (C=O) groups is 2. The molecule has 1 aliphatic carbocycles. The number of benzene rings is 2. The van der Waals surface area contributed by atoms with E-state index in [4.69, 9.17) is 18.9 Å². The van der Waals surface area contributed by atoms with Crippen molar-refractivity contribution in [2.24, 2.45) is 5.92 Å². The van der Waals surface area contributed by atoms with Gasteiger partial charge in [0.1, 0.15) is 24.4 Å². The molecule has 12 nitrogen and oxygen atoms in total. The normalized spacial score (nSPS) is 16.8. The first-order chi connectivity index (χ1) is 28.3. The quantitative estimate of drug-likeness (QED) is 0.0662. The Labute approximate surface area is 360 Å². The summed E-state index contributed by atoms with van der Waals surface area (Å²) in [4.78, 5) is 35.6. The van der Waals surface area contributed by atoms with Crippen LogP contribution in [0.1, 0.15) is 87.0 Å². The van der Waals surface area contributed by atoms with Crippen LogP contribution in [-0.2, 0) is 25.4 Å². The van der Waals surface area contributed by atoms with Crippen molar-refractivity contribution in [1.29, 1.82) is 0 Å². The number of hydrogen-bond donors (Lipinski definition) is 3. The molecule has 0 spiro atoms. The summed E-state index contributed by atoms with van der Waals surface area (Å²) in [6, 6.07) is 24.2. The van der Waals surface area contributed by atoms with Crippen molar-refractivity contribution in [3.05, 3.63) is 79.3 Å². The molecule has 326 valence electrons. The number of alkyl carbamates (subject to hydrolysis) is 1. The van der Waals surface area contributed by atoms with E-state index < -0.39 is 28.1 Å². The van der Waals surface area contributed by atoms with E-state index in [1.807, 2.05) is 39.0 Å². The third-order valence-electron chi connectivity index (χ3n) is 10.8. The second kappa shape index (κ2) is 20.5. The smallest absolute Gasteiger partial charge is 0.407 e. The van der Waals surface area contributed by atoms with Crippen molar-refractivity contribution < 1.29 is 23.5 Å². The van der Waals surface area contributed by atoms with Gasteiger partial charge in [-0.05, 0) is 86.3 Å². The van der Waals surface area contributed by atoms with Crippen LogP contribution in [0.2, 0.25) is 30.7 Å². The number of ether oxygens (including phenoxy) is 2. The zero-order valence-corrected chi connectivity index (χ0v) is 39.6. The van der Waals surface area contributed by atoms with Gasteiger partial charge in [-0.2, -0.15) is 0 Å². The zero-order chi connectivity index (χ0) is 43.6. The average molecular weight is 856 g/mol. The number of hydrogen-bond acceptors (Lipinski definition) is 9. The standard InChI is InChI=1S/C46H69N7O5Si2/c1-34(24-25-57-60(46(5,6)7,37-20-13-11-14-21-37)38-22-15-12-16-23-38)28-42(54)51-41-31-47-40(43-48-32-53(52-43)33-56-26-27-59(8,9)10)30-39(41)49-35-18-17-19-36(29-35)50-44(55)58-45(2,3)4/h11-16,20-23,30-32,34-36H,17-19,24-29,33H2,1-10H3,(H,47,49)(H,50,55)(H,51,54)/t34?,35-,36+/m1/s1. The molecule has 3 atom stereocenters. The molecule has 1 fully saturated rings. The highest BCUT2D eigenvalue weighted by molar-refractivity contribution is 6.99. The zero-order valence-electron chi connectivity index (χ0n) is 37.6. The summed E-state index contributed by atoms with van der Waals surface area (Å²) < 4.78 is 20.2. The first-order valence-corrected chi connectivity index (χ1v) is 27.2. The molecule has 0 bridgehead atoms. The Morgan fingerprint density at radius 1 is 0.883 bits per heavy atom.